The van der Waals surface area contributed by atoms with Gasteiger partial charge in [-0.1, -0.05) is 59.6 Å². The molecule has 20 heavy (non-hydrogen) atoms. The molecule has 0 amide bonds. The van der Waals surface area contributed by atoms with Crippen LogP contribution in [0.1, 0.15) is 11.4 Å². The van der Waals surface area contributed by atoms with Crippen LogP contribution in [-0.4, -0.2) is 9.97 Å². The number of benzene rings is 2. The number of H-pyrrole nitrogens is 1. The molecule has 0 aliphatic rings. The van der Waals surface area contributed by atoms with Crippen LogP contribution in [0.4, 0.5) is 0 Å². The van der Waals surface area contributed by atoms with Gasteiger partial charge in [0, 0.05) is 16.5 Å². The minimum Gasteiger partial charge on any atom is -0.342 e. The first kappa shape index (κ1) is 13.2. The van der Waals surface area contributed by atoms with E-state index in [1.807, 2.05) is 54.7 Å². The first-order valence-electron chi connectivity index (χ1n) is 6.26. The van der Waals surface area contributed by atoms with Gasteiger partial charge in [0.15, 0.2) is 0 Å². The molecule has 0 aliphatic carbocycles. The Morgan fingerprint density at radius 3 is 2.30 bits per heavy atom. The Balaban J connectivity index is 1.88. The zero-order valence-corrected chi connectivity index (χ0v) is 12.1. The lowest BCUT2D eigenvalue weighted by atomic mass is 10.1. The molecule has 4 heteroatoms. The molecule has 0 aliphatic heterocycles. The lowest BCUT2D eigenvalue weighted by Gasteiger charge is -2.04. The molecule has 0 unspecified atom stereocenters. The molecule has 2 aromatic carbocycles. The summed E-state index contributed by atoms with van der Waals surface area (Å²) in [6.45, 7) is 0. The van der Waals surface area contributed by atoms with Gasteiger partial charge in [0.25, 0.3) is 0 Å². The quantitative estimate of drug-likeness (QED) is 0.726. The lowest BCUT2D eigenvalue weighted by molar-refractivity contribution is 1.03. The van der Waals surface area contributed by atoms with Gasteiger partial charge in [-0.3, -0.25) is 0 Å². The fourth-order valence-corrected chi connectivity index (χ4v) is 2.62. The SMILES string of the molecule is Clc1cccc(Cl)c1Cc1ncc(-c2ccccc2)[nH]1. The predicted octanol–water partition coefficient (Wildman–Crippen LogP) is 4.97. The summed E-state index contributed by atoms with van der Waals surface area (Å²) in [5, 5.41) is 1.32. The van der Waals surface area contributed by atoms with Gasteiger partial charge in [-0.25, -0.2) is 4.98 Å². The maximum atomic E-state index is 6.18. The first-order valence-corrected chi connectivity index (χ1v) is 7.02. The normalized spacial score (nSPS) is 10.7. The zero-order chi connectivity index (χ0) is 13.9. The summed E-state index contributed by atoms with van der Waals surface area (Å²) >= 11 is 12.4. The van der Waals surface area contributed by atoms with E-state index in [0.29, 0.717) is 16.5 Å². The molecule has 2 nitrogen and oxygen atoms in total. The second kappa shape index (κ2) is 5.70. The Hall–Kier alpha value is -1.77. The smallest absolute Gasteiger partial charge is 0.111 e. The topological polar surface area (TPSA) is 28.7 Å². The summed E-state index contributed by atoms with van der Waals surface area (Å²) in [6, 6.07) is 15.6. The fraction of sp³-hybridized carbons (Fsp3) is 0.0625. The summed E-state index contributed by atoms with van der Waals surface area (Å²) in [4.78, 5) is 7.70. The Labute approximate surface area is 127 Å². The van der Waals surface area contributed by atoms with Crippen molar-refractivity contribution in [2.45, 2.75) is 6.42 Å². The molecule has 1 heterocycles. The van der Waals surface area contributed by atoms with Gasteiger partial charge in [-0.15, -0.1) is 0 Å². The van der Waals surface area contributed by atoms with E-state index in [2.05, 4.69) is 9.97 Å². The molecule has 0 radical (unpaired) electrons. The molecule has 0 spiro atoms. The molecule has 0 saturated carbocycles. The molecular weight excluding hydrogens is 291 g/mol. The summed E-state index contributed by atoms with van der Waals surface area (Å²) in [5.41, 5.74) is 2.99. The molecular formula is C16H12Cl2N2. The Bertz CT molecular complexity index is 700. The first-order chi connectivity index (χ1) is 9.74. The van der Waals surface area contributed by atoms with Gasteiger partial charge in [-0.2, -0.15) is 0 Å². The molecule has 3 rings (SSSR count). The third kappa shape index (κ3) is 2.72. The second-order valence-electron chi connectivity index (χ2n) is 4.49. The van der Waals surface area contributed by atoms with Crippen molar-refractivity contribution in [1.29, 1.82) is 0 Å². The van der Waals surface area contributed by atoms with Gasteiger partial charge >= 0.3 is 0 Å². The van der Waals surface area contributed by atoms with E-state index in [0.717, 1.165) is 22.6 Å². The van der Waals surface area contributed by atoms with E-state index in [-0.39, 0.29) is 0 Å². The van der Waals surface area contributed by atoms with Crippen molar-refractivity contribution < 1.29 is 0 Å². The molecule has 3 aromatic rings. The minimum atomic E-state index is 0.589. The van der Waals surface area contributed by atoms with Crippen molar-refractivity contribution in [3.8, 4) is 11.3 Å². The molecule has 1 N–H and O–H groups in total. The van der Waals surface area contributed by atoms with Crippen molar-refractivity contribution in [1.82, 2.24) is 9.97 Å². The number of rotatable bonds is 3. The monoisotopic (exact) mass is 302 g/mol. The van der Waals surface area contributed by atoms with E-state index in [1.165, 1.54) is 0 Å². The van der Waals surface area contributed by atoms with Gasteiger partial charge < -0.3 is 4.98 Å². The number of halogens is 2. The Morgan fingerprint density at radius 1 is 0.900 bits per heavy atom. The highest BCUT2D eigenvalue weighted by Crippen LogP contribution is 2.26. The standard InChI is InChI=1S/C16H12Cl2N2/c17-13-7-4-8-14(18)12(13)9-16-19-10-15(20-16)11-5-2-1-3-6-11/h1-8,10H,9H2,(H,19,20). The number of aromatic nitrogens is 2. The Kier molecular flexibility index (Phi) is 3.77. The zero-order valence-electron chi connectivity index (χ0n) is 10.6. The van der Waals surface area contributed by atoms with Gasteiger partial charge in [0.05, 0.1) is 11.9 Å². The van der Waals surface area contributed by atoms with Crippen molar-refractivity contribution in [2.75, 3.05) is 0 Å². The van der Waals surface area contributed by atoms with Crippen molar-refractivity contribution >= 4 is 23.2 Å². The second-order valence-corrected chi connectivity index (χ2v) is 5.30. The summed E-state index contributed by atoms with van der Waals surface area (Å²) < 4.78 is 0. The molecule has 0 atom stereocenters. The third-order valence-corrected chi connectivity index (χ3v) is 3.83. The number of hydrogen-bond donors (Lipinski definition) is 1. The average Bonchev–Trinajstić information content (AvgIpc) is 2.93. The van der Waals surface area contributed by atoms with Crippen molar-refractivity contribution in [3.05, 3.63) is 76.2 Å². The molecule has 100 valence electrons. The molecule has 0 fully saturated rings. The highest BCUT2D eigenvalue weighted by Gasteiger charge is 2.09. The number of nitrogens with zero attached hydrogens (tertiary/aromatic N) is 1. The van der Waals surface area contributed by atoms with Crippen LogP contribution >= 0.6 is 23.2 Å². The maximum absolute atomic E-state index is 6.18. The van der Waals surface area contributed by atoms with Crippen LogP contribution in [0.15, 0.2) is 54.7 Å². The van der Waals surface area contributed by atoms with Crippen LogP contribution in [0.25, 0.3) is 11.3 Å². The van der Waals surface area contributed by atoms with Crippen LogP contribution in [0.3, 0.4) is 0 Å². The van der Waals surface area contributed by atoms with Gasteiger partial charge in [-0.05, 0) is 23.3 Å². The largest absolute Gasteiger partial charge is 0.342 e. The summed E-state index contributed by atoms with van der Waals surface area (Å²) in [7, 11) is 0. The molecule has 1 aromatic heterocycles. The number of nitrogens with one attached hydrogen (secondary N) is 1. The molecule has 0 bridgehead atoms. The summed E-state index contributed by atoms with van der Waals surface area (Å²) in [6.07, 6.45) is 2.42. The van der Waals surface area contributed by atoms with Crippen LogP contribution < -0.4 is 0 Å². The van der Waals surface area contributed by atoms with Crippen LogP contribution in [0.2, 0.25) is 10.0 Å². The highest BCUT2D eigenvalue weighted by atomic mass is 35.5. The van der Waals surface area contributed by atoms with Crippen LogP contribution in [0.5, 0.6) is 0 Å². The van der Waals surface area contributed by atoms with Crippen LogP contribution in [0, 0.1) is 0 Å². The fourth-order valence-electron chi connectivity index (χ4n) is 2.09. The number of hydrogen-bond acceptors (Lipinski definition) is 1. The predicted molar refractivity (Wildman–Crippen MR) is 83.3 cm³/mol. The van der Waals surface area contributed by atoms with Crippen LogP contribution in [-0.2, 0) is 6.42 Å². The highest BCUT2D eigenvalue weighted by molar-refractivity contribution is 6.36. The van der Waals surface area contributed by atoms with E-state index in [4.69, 9.17) is 23.2 Å². The summed E-state index contributed by atoms with van der Waals surface area (Å²) in [5.74, 6) is 0.846. The van der Waals surface area contributed by atoms with Gasteiger partial charge in [0.1, 0.15) is 5.82 Å². The minimum absolute atomic E-state index is 0.589. The maximum Gasteiger partial charge on any atom is 0.111 e. The number of aromatic amines is 1. The lowest BCUT2D eigenvalue weighted by Crippen LogP contribution is -1.93. The average molecular weight is 303 g/mol. The van der Waals surface area contributed by atoms with E-state index >= 15 is 0 Å². The van der Waals surface area contributed by atoms with E-state index in [9.17, 15) is 0 Å². The van der Waals surface area contributed by atoms with Gasteiger partial charge in [0.2, 0.25) is 0 Å². The number of imidazole rings is 1. The van der Waals surface area contributed by atoms with E-state index < -0.39 is 0 Å². The van der Waals surface area contributed by atoms with E-state index in [1.54, 1.807) is 0 Å². The third-order valence-electron chi connectivity index (χ3n) is 3.12. The molecule has 0 saturated heterocycles. The Morgan fingerprint density at radius 2 is 1.60 bits per heavy atom. The van der Waals surface area contributed by atoms with Crippen molar-refractivity contribution in [2.24, 2.45) is 0 Å². The van der Waals surface area contributed by atoms with Crippen molar-refractivity contribution in [3.63, 3.8) is 0 Å².